The van der Waals surface area contributed by atoms with Gasteiger partial charge in [-0.25, -0.2) is 0 Å². The maximum atomic E-state index is 12.3. The molecule has 4 nitrogen and oxygen atoms in total. The zero-order valence-corrected chi connectivity index (χ0v) is 10.7. The summed E-state index contributed by atoms with van der Waals surface area (Å²) in [4.78, 5) is 13.7. The molecule has 19 heavy (non-hydrogen) atoms. The van der Waals surface area contributed by atoms with E-state index in [1.54, 1.807) is 25.2 Å². The molecule has 4 heteroatoms. The van der Waals surface area contributed by atoms with Crippen molar-refractivity contribution in [3.8, 4) is 5.75 Å². The molecular formula is C15H16N2O2. The van der Waals surface area contributed by atoms with E-state index < -0.39 is 6.04 Å². The molecule has 1 amide bonds. The topological polar surface area (TPSA) is 66.6 Å². The minimum atomic E-state index is -0.714. The first-order valence-corrected chi connectivity index (χ1v) is 5.96. The average molecular weight is 256 g/mol. The lowest BCUT2D eigenvalue weighted by Crippen LogP contribution is -2.35. The zero-order valence-electron chi connectivity index (χ0n) is 10.7. The number of likely N-dealkylation sites (N-methyl/N-ethyl adjacent to an activating group) is 1. The molecule has 0 aliphatic rings. The highest BCUT2D eigenvalue weighted by molar-refractivity contribution is 5.97. The van der Waals surface area contributed by atoms with Crippen molar-refractivity contribution < 1.29 is 9.90 Å². The Hall–Kier alpha value is -2.33. The first-order valence-electron chi connectivity index (χ1n) is 5.96. The quantitative estimate of drug-likeness (QED) is 0.883. The molecule has 2 aromatic carbocycles. The maximum Gasteiger partial charge on any atom is 0.248 e. The van der Waals surface area contributed by atoms with E-state index in [4.69, 9.17) is 5.73 Å². The van der Waals surface area contributed by atoms with Crippen LogP contribution in [0.4, 0.5) is 5.69 Å². The number of rotatable bonds is 3. The third-order valence-electron chi connectivity index (χ3n) is 2.97. The number of amides is 1. The Kier molecular flexibility index (Phi) is 3.82. The first-order chi connectivity index (χ1) is 9.09. The minimum Gasteiger partial charge on any atom is -0.508 e. The number of anilines is 1. The average Bonchev–Trinajstić information content (AvgIpc) is 2.46. The maximum absolute atomic E-state index is 12.3. The summed E-state index contributed by atoms with van der Waals surface area (Å²) in [5.41, 5.74) is 7.33. The summed E-state index contributed by atoms with van der Waals surface area (Å²) >= 11 is 0. The van der Waals surface area contributed by atoms with Crippen molar-refractivity contribution in [1.82, 2.24) is 0 Å². The van der Waals surface area contributed by atoms with Crippen molar-refractivity contribution in [3.05, 3.63) is 60.2 Å². The number of benzene rings is 2. The van der Waals surface area contributed by atoms with E-state index in [9.17, 15) is 9.90 Å². The number of carbonyl (C=O) groups excluding carboxylic acids is 1. The minimum absolute atomic E-state index is 0.116. The number of phenolic OH excluding ortho intramolecular Hbond substituents is 1. The van der Waals surface area contributed by atoms with E-state index in [1.165, 1.54) is 11.0 Å². The van der Waals surface area contributed by atoms with Crippen LogP contribution in [0, 0.1) is 0 Å². The normalized spacial score (nSPS) is 11.9. The standard InChI is InChI=1S/C15H16N2O2/c1-17(12-8-5-9-13(18)10-12)15(19)14(16)11-6-3-2-4-7-11/h2-10,14,18H,16H2,1H3/t14-/m0/s1. The molecule has 0 aliphatic heterocycles. The third-order valence-corrected chi connectivity index (χ3v) is 2.97. The highest BCUT2D eigenvalue weighted by Gasteiger charge is 2.20. The second-order valence-electron chi connectivity index (χ2n) is 4.31. The van der Waals surface area contributed by atoms with E-state index >= 15 is 0 Å². The number of hydrogen-bond acceptors (Lipinski definition) is 3. The third kappa shape index (κ3) is 2.92. The van der Waals surface area contributed by atoms with E-state index in [2.05, 4.69) is 0 Å². The van der Waals surface area contributed by atoms with Crippen LogP contribution in [0.2, 0.25) is 0 Å². The Morgan fingerprint density at radius 1 is 1.16 bits per heavy atom. The molecule has 0 unspecified atom stereocenters. The van der Waals surface area contributed by atoms with Gasteiger partial charge in [0.25, 0.3) is 0 Å². The molecule has 0 aliphatic carbocycles. The lowest BCUT2D eigenvalue weighted by Gasteiger charge is -2.21. The number of nitrogens with zero attached hydrogens (tertiary/aromatic N) is 1. The van der Waals surface area contributed by atoms with Crippen LogP contribution in [-0.4, -0.2) is 18.1 Å². The molecule has 0 saturated heterocycles. The Balaban J connectivity index is 2.20. The van der Waals surface area contributed by atoms with Crippen LogP contribution < -0.4 is 10.6 Å². The first kappa shape index (κ1) is 13.1. The van der Waals surface area contributed by atoms with Gasteiger partial charge in [-0.05, 0) is 17.7 Å². The van der Waals surface area contributed by atoms with Gasteiger partial charge in [0.15, 0.2) is 0 Å². The molecule has 3 N–H and O–H groups in total. The Morgan fingerprint density at radius 3 is 2.47 bits per heavy atom. The SMILES string of the molecule is CN(C(=O)[C@@H](N)c1ccccc1)c1cccc(O)c1. The van der Waals surface area contributed by atoms with Crippen LogP contribution in [0.3, 0.4) is 0 Å². The van der Waals surface area contributed by atoms with Crippen LogP contribution in [0.5, 0.6) is 5.75 Å². The van der Waals surface area contributed by atoms with E-state index in [0.29, 0.717) is 5.69 Å². The molecule has 0 saturated carbocycles. The van der Waals surface area contributed by atoms with Crippen molar-refractivity contribution >= 4 is 11.6 Å². The molecule has 2 rings (SSSR count). The predicted octanol–water partition coefficient (Wildman–Crippen LogP) is 2.05. The van der Waals surface area contributed by atoms with Crippen molar-refractivity contribution in [2.75, 3.05) is 11.9 Å². The van der Waals surface area contributed by atoms with Gasteiger partial charge in [-0.15, -0.1) is 0 Å². The fraction of sp³-hybridized carbons (Fsp3) is 0.133. The number of hydrogen-bond donors (Lipinski definition) is 2. The van der Waals surface area contributed by atoms with Crippen LogP contribution in [-0.2, 0) is 4.79 Å². The number of carbonyl (C=O) groups is 1. The summed E-state index contributed by atoms with van der Waals surface area (Å²) in [5.74, 6) is -0.109. The Labute approximate surface area is 112 Å². The summed E-state index contributed by atoms with van der Waals surface area (Å²) in [5, 5.41) is 9.43. The fourth-order valence-electron chi connectivity index (χ4n) is 1.84. The Bertz CT molecular complexity index is 569. The molecule has 2 aromatic rings. The summed E-state index contributed by atoms with van der Waals surface area (Å²) in [6.45, 7) is 0. The van der Waals surface area contributed by atoms with Crippen LogP contribution in [0.15, 0.2) is 54.6 Å². The van der Waals surface area contributed by atoms with Gasteiger partial charge < -0.3 is 15.7 Å². The molecule has 98 valence electrons. The number of phenols is 1. The summed E-state index contributed by atoms with van der Waals surface area (Å²) < 4.78 is 0. The smallest absolute Gasteiger partial charge is 0.248 e. The van der Waals surface area contributed by atoms with Gasteiger partial charge >= 0.3 is 0 Å². The van der Waals surface area contributed by atoms with Gasteiger partial charge in [0.1, 0.15) is 11.8 Å². The lowest BCUT2D eigenvalue weighted by molar-refractivity contribution is -0.119. The molecule has 0 aromatic heterocycles. The number of nitrogens with two attached hydrogens (primary N) is 1. The van der Waals surface area contributed by atoms with Crippen molar-refractivity contribution in [2.24, 2.45) is 5.73 Å². The van der Waals surface area contributed by atoms with E-state index in [-0.39, 0.29) is 11.7 Å². The second kappa shape index (κ2) is 5.54. The largest absolute Gasteiger partial charge is 0.508 e. The van der Waals surface area contributed by atoms with Gasteiger partial charge in [-0.1, -0.05) is 36.4 Å². The van der Waals surface area contributed by atoms with Gasteiger partial charge in [-0.3, -0.25) is 4.79 Å². The molecule has 0 fully saturated rings. The highest BCUT2D eigenvalue weighted by Crippen LogP contribution is 2.21. The molecular weight excluding hydrogens is 240 g/mol. The van der Waals surface area contributed by atoms with Crippen molar-refractivity contribution in [1.29, 1.82) is 0 Å². The van der Waals surface area contributed by atoms with Crippen LogP contribution >= 0.6 is 0 Å². The molecule has 1 atom stereocenters. The number of aromatic hydroxyl groups is 1. The lowest BCUT2D eigenvalue weighted by atomic mass is 10.1. The predicted molar refractivity (Wildman–Crippen MR) is 74.9 cm³/mol. The van der Waals surface area contributed by atoms with Gasteiger partial charge in [-0.2, -0.15) is 0 Å². The van der Waals surface area contributed by atoms with Gasteiger partial charge in [0.05, 0.1) is 0 Å². The van der Waals surface area contributed by atoms with E-state index in [1.807, 2.05) is 30.3 Å². The van der Waals surface area contributed by atoms with E-state index in [0.717, 1.165) is 5.56 Å². The zero-order chi connectivity index (χ0) is 13.8. The molecule has 0 spiro atoms. The van der Waals surface area contributed by atoms with Gasteiger partial charge in [0, 0.05) is 18.8 Å². The Morgan fingerprint density at radius 2 is 1.84 bits per heavy atom. The van der Waals surface area contributed by atoms with Crippen LogP contribution in [0.25, 0.3) is 0 Å². The van der Waals surface area contributed by atoms with Crippen molar-refractivity contribution in [3.63, 3.8) is 0 Å². The second-order valence-corrected chi connectivity index (χ2v) is 4.31. The molecule has 0 bridgehead atoms. The summed E-state index contributed by atoms with van der Waals surface area (Å²) in [7, 11) is 1.64. The van der Waals surface area contributed by atoms with Gasteiger partial charge in [0.2, 0.25) is 5.91 Å². The monoisotopic (exact) mass is 256 g/mol. The summed E-state index contributed by atoms with van der Waals surface area (Å²) in [6.07, 6.45) is 0. The highest BCUT2D eigenvalue weighted by atomic mass is 16.3. The molecule has 0 radical (unpaired) electrons. The fourth-order valence-corrected chi connectivity index (χ4v) is 1.84. The molecule has 0 heterocycles. The van der Waals surface area contributed by atoms with Crippen LogP contribution in [0.1, 0.15) is 11.6 Å². The summed E-state index contributed by atoms with van der Waals surface area (Å²) in [6, 6.07) is 15.0. The van der Waals surface area contributed by atoms with Crippen molar-refractivity contribution in [2.45, 2.75) is 6.04 Å².